The second-order valence-corrected chi connectivity index (χ2v) is 12.6. The molecule has 10 aromatic rings. The van der Waals surface area contributed by atoms with Gasteiger partial charge in [0, 0.05) is 56.5 Å². The van der Waals surface area contributed by atoms with Crippen molar-refractivity contribution in [2.24, 2.45) is 0 Å². The van der Waals surface area contributed by atoms with Gasteiger partial charge in [-0.05, 0) is 52.6 Å². The van der Waals surface area contributed by atoms with Crippen LogP contribution >= 0.6 is 22.7 Å². The first-order valence-electron chi connectivity index (χ1n) is 13.3. The highest BCUT2D eigenvalue weighted by Crippen LogP contribution is 2.48. The van der Waals surface area contributed by atoms with E-state index in [0.717, 1.165) is 0 Å². The van der Waals surface area contributed by atoms with E-state index in [1.54, 1.807) is 0 Å². The number of fused-ring (bicyclic) bond motifs is 12. The summed E-state index contributed by atoms with van der Waals surface area (Å²) in [5.41, 5.74) is 3.84. The van der Waals surface area contributed by atoms with E-state index in [1.807, 2.05) is 22.7 Å². The molecule has 10 rings (SSSR count). The van der Waals surface area contributed by atoms with E-state index < -0.39 is 0 Å². The number of benzene rings is 6. The molecule has 39 heavy (non-hydrogen) atoms. The lowest BCUT2D eigenvalue weighted by molar-refractivity contribution is 1.36. The van der Waals surface area contributed by atoms with Gasteiger partial charge in [0.05, 0.1) is 16.6 Å². The van der Waals surface area contributed by atoms with Crippen LogP contribution in [0.3, 0.4) is 0 Å². The van der Waals surface area contributed by atoms with Gasteiger partial charge in [0.25, 0.3) is 0 Å². The van der Waals surface area contributed by atoms with E-state index in [9.17, 15) is 0 Å². The molecule has 0 saturated carbocycles. The number of thiophene rings is 2. The first kappa shape index (κ1) is 20.5. The molecular formula is C36H19NS2. The molecule has 0 aliphatic heterocycles. The van der Waals surface area contributed by atoms with E-state index in [4.69, 9.17) is 0 Å². The molecule has 0 aliphatic carbocycles. The molecule has 0 aliphatic rings. The second kappa shape index (κ2) is 7.15. The molecule has 0 bridgehead atoms. The molecule has 0 saturated heterocycles. The van der Waals surface area contributed by atoms with Crippen LogP contribution in [0.4, 0.5) is 0 Å². The SMILES string of the molecule is c1ccc2c(c1)sc1ccc3c(c4ccc5sc6cccc7c8ccccc8c8ccccc8n3c4c5c67)c12. The van der Waals surface area contributed by atoms with Crippen LogP contribution in [0.15, 0.2) is 115 Å². The lowest BCUT2D eigenvalue weighted by Crippen LogP contribution is -1.86. The minimum atomic E-state index is 1.24. The zero-order chi connectivity index (χ0) is 25.2. The van der Waals surface area contributed by atoms with Crippen molar-refractivity contribution in [1.29, 1.82) is 0 Å². The third-order valence-corrected chi connectivity index (χ3v) is 10.8. The largest absolute Gasteiger partial charge is 0.308 e. The lowest BCUT2D eigenvalue weighted by atomic mass is 10.00. The van der Waals surface area contributed by atoms with Crippen molar-refractivity contribution < 1.29 is 0 Å². The highest BCUT2D eigenvalue weighted by atomic mass is 32.1. The van der Waals surface area contributed by atoms with Crippen LogP contribution in [0.25, 0.3) is 89.2 Å². The Kier molecular flexibility index (Phi) is 3.76. The van der Waals surface area contributed by atoms with E-state index in [0.29, 0.717) is 0 Å². The van der Waals surface area contributed by atoms with Crippen LogP contribution in [0.1, 0.15) is 0 Å². The van der Waals surface area contributed by atoms with Crippen molar-refractivity contribution in [1.82, 2.24) is 4.40 Å². The zero-order valence-electron chi connectivity index (χ0n) is 20.7. The summed E-state index contributed by atoms with van der Waals surface area (Å²) in [7, 11) is 0. The Morgan fingerprint density at radius 2 is 0.923 bits per heavy atom. The smallest absolute Gasteiger partial charge is 0.0634 e. The van der Waals surface area contributed by atoms with Crippen LogP contribution in [-0.2, 0) is 0 Å². The van der Waals surface area contributed by atoms with Gasteiger partial charge in [-0.1, -0.05) is 78.9 Å². The highest BCUT2D eigenvalue weighted by molar-refractivity contribution is 7.26. The van der Waals surface area contributed by atoms with Gasteiger partial charge < -0.3 is 4.40 Å². The van der Waals surface area contributed by atoms with E-state index in [-0.39, 0.29) is 0 Å². The molecule has 0 spiro atoms. The molecule has 1 nitrogen and oxygen atoms in total. The van der Waals surface area contributed by atoms with Crippen molar-refractivity contribution in [2.45, 2.75) is 0 Å². The minimum absolute atomic E-state index is 1.24. The maximum absolute atomic E-state index is 2.57. The predicted octanol–water partition coefficient (Wildman–Crippen LogP) is 11.3. The number of aromatic nitrogens is 1. The van der Waals surface area contributed by atoms with Gasteiger partial charge in [0.15, 0.2) is 0 Å². The molecule has 4 aromatic heterocycles. The Balaban J connectivity index is 1.68. The van der Waals surface area contributed by atoms with Crippen molar-refractivity contribution in [2.75, 3.05) is 0 Å². The second-order valence-electron chi connectivity index (χ2n) is 10.4. The van der Waals surface area contributed by atoms with Gasteiger partial charge in [0.2, 0.25) is 0 Å². The number of hydrogen-bond donors (Lipinski definition) is 0. The summed E-state index contributed by atoms with van der Waals surface area (Å²) < 4.78 is 7.96. The number of para-hydroxylation sites is 1. The van der Waals surface area contributed by atoms with Gasteiger partial charge >= 0.3 is 0 Å². The van der Waals surface area contributed by atoms with Crippen molar-refractivity contribution in [3.63, 3.8) is 0 Å². The monoisotopic (exact) mass is 529 g/mol. The average molecular weight is 530 g/mol. The first-order valence-corrected chi connectivity index (χ1v) is 14.9. The first-order chi connectivity index (χ1) is 19.4. The Hall–Kier alpha value is -4.44. The molecule has 3 heteroatoms. The van der Waals surface area contributed by atoms with Crippen molar-refractivity contribution >= 4 is 112 Å². The molecule has 0 unspecified atom stereocenters. The summed E-state index contributed by atoms with van der Waals surface area (Å²) in [6, 6.07) is 43.0. The van der Waals surface area contributed by atoms with Crippen molar-refractivity contribution in [3.8, 4) is 0 Å². The molecule has 180 valence electrons. The number of rotatable bonds is 0. The van der Waals surface area contributed by atoms with E-state index in [2.05, 4.69) is 120 Å². The minimum Gasteiger partial charge on any atom is -0.308 e. The molecule has 0 amide bonds. The summed E-state index contributed by atoms with van der Waals surface area (Å²) in [5.74, 6) is 0. The zero-order valence-corrected chi connectivity index (χ0v) is 22.4. The highest BCUT2D eigenvalue weighted by Gasteiger charge is 2.21. The molecular weight excluding hydrogens is 511 g/mol. The fourth-order valence-electron chi connectivity index (χ4n) is 7.03. The fourth-order valence-corrected chi connectivity index (χ4v) is 9.28. The normalized spacial score (nSPS) is 12.6. The fraction of sp³-hybridized carbons (Fsp3) is 0. The third kappa shape index (κ3) is 2.46. The average Bonchev–Trinajstić information content (AvgIpc) is 3.66. The molecule has 0 N–H and O–H groups in total. The van der Waals surface area contributed by atoms with Crippen LogP contribution in [0.5, 0.6) is 0 Å². The lowest BCUT2D eigenvalue weighted by Gasteiger charge is -2.04. The topological polar surface area (TPSA) is 4.41 Å². The van der Waals surface area contributed by atoms with Crippen LogP contribution in [0.2, 0.25) is 0 Å². The predicted molar refractivity (Wildman–Crippen MR) is 173 cm³/mol. The number of hydrogen-bond acceptors (Lipinski definition) is 2. The molecule has 4 heterocycles. The standard InChI is InChI=1S/C36H19NS2/c1-2-9-21-20(8-1)22-10-3-5-13-26(22)37-27-17-19-30-34(24-11-4-6-14-28(24)38-30)32(27)25-16-18-31-35(36(25)37)33-23(21)12-7-15-29(33)39-31/h1-19H. The Bertz CT molecular complexity index is 2640. The van der Waals surface area contributed by atoms with Crippen LogP contribution < -0.4 is 0 Å². The number of nitrogens with zero attached hydrogens (tertiary/aromatic N) is 1. The Labute approximate surface area is 230 Å². The molecule has 0 atom stereocenters. The Morgan fingerprint density at radius 1 is 0.333 bits per heavy atom. The van der Waals surface area contributed by atoms with Gasteiger partial charge in [-0.25, -0.2) is 0 Å². The quantitative estimate of drug-likeness (QED) is 0.184. The van der Waals surface area contributed by atoms with Gasteiger partial charge in [-0.15, -0.1) is 22.7 Å². The maximum atomic E-state index is 2.57. The molecule has 0 radical (unpaired) electrons. The molecule has 6 aromatic carbocycles. The van der Waals surface area contributed by atoms with E-state index in [1.165, 1.54) is 89.2 Å². The van der Waals surface area contributed by atoms with Crippen LogP contribution in [-0.4, -0.2) is 4.40 Å². The van der Waals surface area contributed by atoms with Gasteiger partial charge in [0.1, 0.15) is 0 Å². The van der Waals surface area contributed by atoms with Gasteiger partial charge in [-0.3, -0.25) is 0 Å². The van der Waals surface area contributed by atoms with Gasteiger partial charge in [-0.2, -0.15) is 0 Å². The Morgan fingerprint density at radius 3 is 1.82 bits per heavy atom. The summed E-state index contributed by atoms with van der Waals surface area (Å²) in [4.78, 5) is 0. The van der Waals surface area contributed by atoms with Crippen molar-refractivity contribution in [3.05, 3.63) is 115 Å². The summed E-state index contributed by atoms with van der Waals surface area (Å²) in [6.07, 6.45) is 0. The third-order valence-electron chi connectivity index (χ3n) is 8.54. The summed E-state index contributed by atoms with van der Waals surface area (Å²) >= 11 is 3.81. The summed E-state index contributed by atoms with van der Waals surface area (Å²) in [6.45, 7) is 0. The van der Waals surface area contributed by atoms with Crippen LogP contribution in [0, 0.1) is 0 Å². The van der Waals surface area contributed by atoms with E-state index >= 15 is 0 Å². The summed E-state index contributed by atoms with van der Waals surface area (Å²) in [5, 5.41) is 13.3. The molecule has 0 fully saturated rings. The maximum Gasteiger partial charge on any atom is 0.0634 e.